The fourth-order valence-electron chi connectivity index (χ4n) is 1.83. The minimum absolute atomic E-state index is 0.0290. The topological polar surface area (TPSA) is 84.4 Å². The van der Waals surface area contributed by atoms with Crippen molar-refractivity contribution >= 4 is 47.6 Å². The molecule has 0 amide bonds. The molecule has 2 rings (SSSR count). The Morgan fingerprint density at radius 1 is 1.00 bits per heavy atom. The van der Waals surface area contributed by atoms with Gasteiger partial charge in [-0.15, -0.1) is 11.8 Å². The van der Waals surface area contributed by atoms with Gasteiger partial charge in [-0.2, -0.15) is 0 Å². The van der Waals surface area contributed by atoms with Crippen molar-refractivity contribution in [2.75, 3.05) is 25.6 Å². The Kier molecular flexibility index (Phi) is 6.66. The molecule has 25 heavy (non-hydrogen) atoms. The second-order valence-corrected chi connectivity index (χ2v) is 11.5. The number of nitrogens with zero attached hydrogens (tertiary/aromatic N) is 2. The van der Waals surface area contributed by atoms with Gasteiger partial charge in [-0.25, -0.2) is 26.1 Å². The van der Waals surface area contributed by atoms with Crippen molar-refractivity contribution < 1.29 is 16.8 Å². The highest BCUT2D eigenvalue weighted by atomic mass is 79.9. The van der Waals surface area contributed by atoms with E-state index in [-0.39, 0.29) is 15.5 Å². The van der Waals surface area contributed by atoms with E-state index >= 15 is 0 Å². The molecule has 2 aromatic rings. The van der Waals surface area contributed by atoms with E-state index in [1.807, 2.05) is 0 Å². The minimum atomic E-state index is -3.52. The number of hydrogen-bond donors (Lipinski definition) is 0. The smallest absolute Gasteiger partial charge is 0.244 e. The summed E-state index contributed by atoms with van der Waals surface area (Å²) in [6, 6.07) is 9.53. The Morgan fingerprint density at radius 3 is 2.12 bits per heavy atom. The molecule has 0 saturated carbocycles. The molecule has 1 aromatic heterocycles. The van der Waals surface area contributed by atoms with Gasteiger partial charge in [0.25, 0.3) is 0 Å². The van der Waals surface area contributed by atoms with Crippen molar-refractivity contribution in [3.05, 3.63) is 47.1 Å². The molecule has 6 nitrogen and oxygen atoms in total. The molecule has 0 atom stereocenters. The molecule has 0 aliphatic carbocycles. The molecule has 10 heteroatoms. The first kappa shape index (κ1) is 20.4. The van der Waals surface area contributed by atoms with E-state index in [0.29, 0.717) is 10.8 Å². The largest absolute Gasteiger partial charge is 0.249 e. The van der Waals surface area contributed by atoms with Crippen LogP contribution in [0.15, 0.2) is 61.9 Å². The second kappa shape index (κ2) is 8.17. The van der Waals surface area contributed by atoms with Crippen molar-refractivity contribution in [3.63, 3.8) is 0 Å². The third-order valence-electron chi connectivity index (χ3n) is 3.26. The van der Waals surface area contributed by atoms with Crippen LogP contribution in [0, 0.1) is 0 Å². The zero-order valence-corrected chi connectivity index (χ0v) is 17.6. The van der Waals surface area contributed by atoms with Crippen LogP contribution < -0.4 is 0 Å². The van der Waals surface area contributed by atoms with Crippen molar-refractivity contribution in [2.45, 2.75) is 14.8 Å². The molecule has 0 aliphatic heterocycles. The van der Waals surface area contributed by atoms with E-state index in [4.69, 9.17) is 0 Å². The number of aromatic nitrogens is 1. The lowest BCUT2D eigenvalue weighted by molar-refractivity contribution is 0.520. The molecular formula is C15H17BrN2O4S3. The van der Waals surface area contributed by atoms with Crippen molar-refractivity contribution in [2.24, 2.45) is 0 Å². The normalized spacial score (nSPS) is 12.5. The molecule has 1 heterocycles. The summed E-state index contributed by atoms with van der Waals surface area (Å²) in [5.41, 5.74) is 0. The fraction of sp³-hybridized carbons (Fsp3) is 0.267. The average Bonchev–Trinajstić information content (AvgIpc) is 2.55. The summed E-state index contributed by atoms with van der Waals surface area (Å²) in [5, 5.41) is 0.573. The summed E-state index contributed by atoms with van der Waals surface area (Å²) in [7, 11) is -3.98. The number of thioether (sulfide) groups is 1. The lowest BCUT2D eigenvalue weighted by atomic mass is 10.4. The van der Waals surface area contributed by atoms with Gasteiger partial charge in [0.15, 0.2) is 9.84 Å². The Bertz CT molecular complexity index is 926. The summed E-state index contributed by atoms with van der Waals surface area (Å²) < 4.78 is 50.4. The van der Waals surface area contributed by atoms with Gasteiger partial charge in [-0.05, 0) is 36.4 Å². The SMILES string of the molecule is CN(C)S(=O)(=O)c1ccc(SCCS(=O)(=O)c2ccc(Br)cc2)nc1. The monoisotopic (exact) mass is 464 g/mol. The summed E-state index contributed by atoms with van der Waals surface area (Å²) in [6.07, 6.45) is 1.28. The van der Waals surface area contributed by atoms with Crippen LogP contribution in [0.3, 0.4) is 0 Å². The molecule has 0 aliphatic rings. The highest BCUT2D eigenvalue weighted by Gasteiger charge is 2.18. The highest BCUT2D eigenvalue weighted by Crippen LogP contribution is 2.21. The van der Waals surface area contributed by atoms with E-state index in [0.717, 1.165) is 8.78 Å². The third-order valence-corrected chi connectivity index (χ3v) is 8.53. The standard InChI is InChI=1S/C15H17BrN2O4S3/c1-18(2)25(21,22)14-7-8-15(17-11-14)23-9-10-24(19,20)13-5-3-12(16)4-6-13/h3-8,11H,9-10H2,1-2H3. The third kappa shape index (κ3) is 5.27. The van der Waals surface area contributed by atoms with E-state index < -0.39 is 19.9 Å². The predicted octanol–water partition coefficient (Wildman–Crippen LogP) is 2.66. The summed E-state index contributed by atoms with van der Waals surface area (Å²) in [5.74, 6) is 0.296. The molecule has 1 aromatic carbocycles. The second-order valence-electron chi connectivity index (χ2n) is 5.24. The van der Waals surface area contributed by atoms with Gasteiger partial charge < -0.3 is 0 Å². The summed E-state index contributed by atoms with van der Waals surface area (Å²) in [4.78, 5) is 4.46. The van der Waals surface area contributed by atoms with E-state index in [1.165, 1.54) is 38.1 Å². The lowest BCUT2D eigenvalue weighted by Gasteiger charge is -2.11. The maximum absolute atomic E-state index is 12.3. The Morgan fingerprint density at radius 2 is 1.60 bits per heavy atom. The maximum Gasteiger partial charge on any atom is 0.244 e. The number of sulfonamides is 1. The van der Waals surface area contributed by atoms with Gasteiger partial charge >= 0.3 is 0 Å². The van der Waals surface area contributed by atoms with Gasteiger partial charge in [-0.1, -0.05) is 15.9 Å². The van der Waals surface area contributed by atoms with E-state index in [9.17, 15) is 16.8 Å². The Hall–Kier alpha value is -0.940. The molecule has 0 bridgehead atoms. The van der Waals surface area contributed by atoms with Gasteiger partial charge in [0.2, 0.25) is 10.0 Å². The number of benzene rings is 1. The average molecular weight is 465 g/mol. The van der Waals surface area contributed by atoms with Crippen LogP contribution in [0.25, 0.3) is 0 Å². The van der Waals surface area contributed by atoms with E-state index in [1.54, 1.807) is 30.3 Å². The van der Waals surface area contributed by atoms with Gasteiger partial charge in [0.1, 0.15) is 4.90 Å². The predicted molar refractivity (Wildman–Crippen MR) is 102 cm³/mol. The number of halogens is 1. The van der Waals surface area contributed by atoms with Gasteiger partial charge in [0.05, 0.1) is 15.7 Å². The summed E-state index contributed by atoms with van der Waals surface area (Å²) in [6.45, 7) is 0. The molecule has 0 fully saturated rings. The first-order valence-electron chi connectivity index (χ1n) is 7.12. The lowest BCUT2D eigenvalue weighted by Crippen LogP contribution is -2.22. The fourth-order valence-corrected chi connectivity index (χ4v) is 5.44. The van der Waals surface area contributed by atoms with Gasteiger partial charge in [-0.3, -0.25) is 0 Å². The first-order chi connectivity index (χ1) is 11.6. The molecule has 136 valence electrons. The molecule has 0 unspecified atom stereocenters. The first-order valence-corrected chi connectivity index (χ1v) is 12.0. The van der Waals surface area contributed by atoms with Crippen LogP contribution in [0.2, 0.25) is 0 Å². The van der Waals surface area contributed by atoms with Crippen LogP contribution in [0.5, 0.6) is 0 Å². The van der Waals surface area contributed by atoms with Crippen LogP contribution in [0.4, 0.5) is 0 Å². The molecule has 0 radical (unpaired) electrons. The quantitative estimate of drug-likeness (QED) is 0.585. The van der Waals surface area contributed by atoms with Crippen molar-refractivity contribution in [1.82, 2.24) is 9.29 Å². The Balaban J connectivity index is 1.99. The molecule has 0 N–H and O–H groups in total. The molecule has 0 spiro atoms. The van der Waals surface area contributed by atoms with Crippen LogP contribution >= 0.6 is 27.7 Å². The maximum atomic E-state index is 12.3. The minimum Gasteiger partial charge on any atom is -0.249 e. The highest BCUT2D eigenvalue weighted by molar-refractivity contribution is 9.10. The zero-order valence-electron chi connectivity index (χ0n) is 13.6. The van der Waals surface area contributed by atoms with E-state index in [2.05, 4.69) is 20.9 Å². The van der Waals surface area contributed by atoms with Crippen LogP contribution in [-0.4, -0.2) is 51.7 Å². The van der Waals surface area contributed by atoms with Crippen molar-refractivity contribution in [1.29, 1.82) is 0 Å². The number of hydrogen-bond acceptors (Lipinski definition) is 6. The number of pyridine rings is 1. The number of rotatable bonds is 7. The van der Waals surface area contributed by atoms with Crippen LogP contribution in [0.1, 0.15) is 0 Å². The van der Waals surface area contributed by atoms with Crippen molar-refractivity contribution in [3.8, 4) is 0 Å². The van der Waals surface area contributed by atoms with Gasteiger partial charge in [0, 0.05) is 30.5 Å². The number of sulfone groups is 1. The Labute approximate surface area is 160 Å². The summed E-state index contributed by atoms with van der Waals surface area (Å²) >= 11 is 4.54. The molecule has 0 saturated heterocycles. The van der Waals surface area contributed by atoms with Crippen LogP contribution in [-0.2, 0) is 19.9 Å². The zero-order chi connectivity index (χ0) is 18.7. The molecular weight excluding hydrogens is 448 g/mol.